The number of halogens is 1. The molecule has 2 aromatic carbocycles. The number of rotatable bonds is 8. The van der Waals surface area contributed by atoms with E-state index in [0.29, 0.717) is 23.7 Å². The van der Waals surface area contributed by atoms with Crippen LogP contribution in [0.3, 0.4) is 0 Å². The Labute approximate surface area is 157 Å². The largest absolute Gasteiger partial charge is 0.489 e. The number of carbonyl (C=O) groups excluding carboxylic acids is 1. The van der Waals surface area contributed by atoms with Gasteiger partial charge in [-0.1, -0.05) is 29.8 Å². The van der Waals surface area contributed by atoms with Crippen molar-refractivity contribution in [2.45, 2.75) is 19.6 Å². The van der Waals surface area contributed by atoms with Crippen LogP contribution in [-0.4, -0.2) is 22.2 Å². The van der Waals surface area contributed by atoms with E-state index in [9.17, 15) is 4.79 Å². The van der Waals surface area contributed by atoms with Crippen LogP contribution in [0.2, 0.25) is 5.02 Å². The van der Waals surface area contributed by atoms with Crippen LogP contribution in [-0.2, 0) is 13.2 Å². The van der Waals surface area contributed by atoms with Crippen molar-refractivity contribution in [3.8, 4) is 5.75 Å². The molecule has 134 valence electrons. The Balaban J connectivity index is 1.43. The summed E-state index contributed by atoms with van der Waals surface area (Å²) < 4.78 is 7.54. The van der Waals surface area contributed by atoms with E-state index < -0.39 is 0 Å². The minimum atomic E-state index is -0.0761. The number of amides is 1. The molecule has 1 N–H and O–H groups in total. The van der Waals surface area contributed by atoms with E-state index in [1.807, 2.05) is 41.2 Å². The van der Waals surface area contributed by atoms with Crippen molar-refractivity contribution in [2.75, 3.05) is 6.54 Å². The first-order chi connectivity index (χ1) is 12.7. The summed E-state index contributed by atoms with van der Waals surface area (Å²) in [6, 6.07) is 16.6. The van der Waals surface area contributed by atoms with Gasteiger partial charge in [0.25, 0.3) is 5.91 Å². The lowest BCUT2D eigenvalue weighted by atomic mass is 10.1. The monoisotopic (exact) mass is 369 g/mol. The topological polar surface area (TPSA) is 56.2 Å². The van der Waals surface area contributed by atoms with E-state index in [0.717, 1.165) is 24.3 Å². The zero-order valence-corrected chi connectivity index (χ0v) is 15.0. The summed E-state index contributed by atoms with van der Waals surface area (Å²) in [4.78, 5) is 12.2. The van der Waals surface area contributed by atoms with E-state index >= 15 is 0 Å². The average Bonchev–Trinajstić information content (AvgIpc) is 3.17. The lowest BCUT2D eigenvalue weighted by molar-refractivity contribution is 0.0952. The molecule has 0 bridgehead atoms. The molecule has 0 unspecified atom stereocenters. The number of nitrogens with one attached hydrogen (secondary N) is 1. The Morgan fingerprint density at radius 2 is 2.00 bits per heavy atom. The molecule has 0 saturated heterocycles. The van der Waals surface area contributed by atoms with Crippen molar-refractivity contribution >= 4 is 17.5 Å². The Bertz CT molecular complexity index is 833. The fraction of sp³-hybridized carbons (Fsp3) is 0.200. The number of ether oxygens (including phenoxy) is 1. The van der Waals surface area contributed by atoms with Crippen LogP contribution in [0.1, 0.15) is 22.3 Å². The Hall–Kier alpha value is -2.79. The second-order valence-corrected chi connectivity index (χ2v) is 6.26. The zero-order chi connectivity index (χ0) is 18.2. The molecule has 1 amide bonds. The molecule has 5 nitrogen and oxygen atoms in total. The quantitative estimate of drug-likeness (QED) is 0.612. The number of hydrogen-bond acceptors (Lipinski definition) is 3. The minimum Gasteiger partial charge on any atom is -0.489 e. The first kappa shape index (κ1) is 18.0. The molecule has 6 heteroatoms. The minimum absolute atomic E-state index is 0.0761. The molecule has 0 atom stereocenters. The predicted octanol–water partition coefficient (Wildman–Crippen LogP) is 3.94. The SMILES string of the molecule is O=C(NCCCn1cccn1)c1ccc(COc2cccc(Cl)c2)cc1. The van der Waals surface area contributed by atoms with Crippen LogP contribution >= 0.6 is 11.6 Å². The standard InChI is InChI=1S/C20H20ClN3O2/c21-18-4-1-5-19(14-18)26-15-16-6-8-17(9-7-16)20(25)22-10-2-12-24-13-3-11-23-24/h1,3-9,11,13-14H,2,10,12,15H2,(H,22,25). The van der Waals surface area contributed by atoms with Crippen LogP contribution in [0.5, 0.6) is 5.75 Å². The average molecular weight is 370 g/mol. The van der Waals surface area contributed by atoms with Crippen molar-refractivity contribution in [1.82, 2.24) is 15.1 Å². The van der Waals surface area contributed by atoms with E-state index in [1.54, 1.807) is 30.5 Å². The van der Waals surface area contributed by atoms with Gasteiger partial charge in [-0.05, 0) is 48.4 Å². The Morgan fingerprint density at radius 3 is 2.73 bits per heavy atom. The van der Waals surface area contributed by atoms with Gasteiger partial charge >= 0.3 is 0 Å². The normalized spacial score (nSPS) is 10.5. The maximum atomic E-state index is 12.2. The molecule has 3 rings (SSSR count). The fourth-order valence-corrected chi connectivity index (χ4v) is 2.63. The third-order valence-electron chi connectivity index (χ3n) is 3.83. The summed E-state index contributed by atoms with van der Waals surface area (Å²) in [6.45, 7) is 1.82. The molecule has 0 aliphatic carbocycles. The molecule has 0 aliphatic rings. The lowest BCUT2D eigenvalue weighted by Crippen LogP contribution is -2.25. The molecule has 1 aromatic heterocycles. The van der Waals surface area contributed by atoms with Gasteiger partial charge in [0.1, 0.15) is 12.4 Å². The van der Waals surface area contributed by atoms with Gasteiger partial charge in [-0.15, -0.1) is 0 Å². The highest BCUT2D eigenvalue weighted by Gasteiger charge is 2.05. The molecular weight excluding hydrogens is 350 g/mol. The molecular formula is C20H20ClN3O2. The Kier molecular flexibility index (Phi) is 6.28. The van der Waals surface area contributed by atoms with Gasteiger partial charge in [0.05, 0.1) is 0 Å². The highest BCUT2D eigenvalue weighted by molar-refractivity contribution is 6.30. The fourth-order valence-electron chi connectivity index (χ4n) is 2.45. The summed E-state index contributed by atoms with van der Waals surface area (Å²) in [5.74, 6) is 0.643. The highest BCUT2D eigenvalue weighted by atomic mass is 35.5. The van der Waals surface area contributed by atoms with Crippen molar-refractivity contribution < 1.29 is 9.53 Å². The summed E-state index contributed by atoms with van der Waals surface area (Å²) in [5.41, 5.74) is 1.62. The Morgan fingerprint density at radius 1 is 1.15 bits per heavy atom. The van der Waals surface area contributed by atoms with Crippen molar-refractivity contribution in [2.24, 2.45) is 0 Å². The third-order valence-corrected chi connectivity index (χ3v) is 4.06. The molecule has 0 aliphatic heterocycles. The summed E-state index contributed by atoms with van der Waals surface area (Å²) in [6.07, 6.45) is 4.49. The van der Waals surface area contributed by atoms with Gasteiger partial charge in [0, 0.05) is 36.1 Å². The second kappa shape index (κ2) is 9.06. The maximum Gasteiger partial charge on any atom is 0.251 e. The number of aromatic nitrogens is 2. The number of aryl methyl sites for hydroxylation is 1. The zero-order valence-electron chi connectivity index (χ0n) is 14.3. The van der Waals surface area contributed by atoms with Crippen LogP contribution in [0.4, 0.5) is 0 Å². The smallest absolute Gasteiger partial charge is 0.251 e. The van der Waals surface area contributed by atoms with Gasteiger partial charge in [0.15, 0.2) is 0 Å². The van der Waals surface area contributed by atoms with E-state index in [2.05, 4.69) is 10.4 Å². The van der Waals surface area contributed by atoms with Crippen molar-refractivity contribution in [1.29, 1.82) is 0 Å². The number of benzene rings is 2. The van der Waals surface area contributed by atoms with Crippen LogP contribution in [0.25, 0.3) is 0 Å². The van der Waals surface area contributed by atoms with Crippen LogP contribution in [0, 0.1) is 0 Å². The van der Waals surface area contributed by atoms with Gasteiger partial charge < -0.3 is 10.1 Å². The summed E-state index contributed by atoms with van der Waals surface area (Å²) >= 11 is 5.93. The number of nitrogens with zero attached hydrogens (tertiary/aromatic N) is 2. The molecule has 0 saturated carbocycles. The summed E-state index contributed by atoms with van der Waals surface area (Å²) in [7, 11) is 0. The van der Waals surface area contributed by atoms with E-state index in [-0.39, 0.29) is 5.91 Å². The van der Waals surface area contributed by atoms with Gasteiger partial charge in [-0.3, -0.25) is 9.48 Å². The molecule has 0 spiro atoms. The van der Waals surface area contributed by atoms with Crippen molar-refractivity contribution in [3.05, 3.63) is 83.1 Å². The van der Waals surface area contributed by atoms with Crippen molar-refractivity contribution in [3.63, 3.8) is 0 Å². The maximum absolute atomic E-state index is 12.2. The van der Waals surface area contributed by atoms with Gasteiger partial charge in [-0.25, -0.2) is 0 Å². The first-order valence-corrected chi connectivity index (χ1v) is 8.81. The number of hydrogen-bond donors (Lipinski definition) is 1. The van der Waals surface area contributed by atoms with E-state index in [4.69, 9.17) is 16.3 Å². The predicted molar refractivity (Wildman–Crippen MR) is 101 cm³/mol. The highest BCUT2D eigenvalue weighted by Crippen LogP contribution is 2.18. The van der Waals surface area contributed by atoms with Crippen LogP contribution in [0.15, 0.2) is 67.0 Å². The molecule has 0 radical (unpaired) electrons. The molecule has 3 aromatic rings. The van der Waals surface area contributed by atoms with Crippen LogP contribution < -0.4 is 10.1 Å². The molecule has 0 fully saturated rings. The van der Waals surface area contributed by atoms with Gasteiger partial charge in [0.2, 0.25) is 0 Å². The van der Waals surface area contributed by atoms with Gasteiger partial charge in [-0.2, -0.15) is 5.10 Å². The molecule has 26 heavy (non-hydrogen) atoms. The lowest BCUT2D eigenvalue weighted by Gasteiger charge is -2.08. The summed E-state index contributed by atoms with van der Waals surface area (Å²) in [5, 5.41) is 7.69. The first-order valence-electron chi connectivity index (χ1n) is 8.44. The second-order valence-electron chi connectivity index (χ2n) is 5.82. The number of carbonyl (C=O) groups is 1. The third kappa shape index (κ3) is 5.36. The molecule has 1 heterocycles. The van der Waals surface area contributed by atoms with E-state index in [1.165, 1.54) is 0 Å².